The molecule has 0 aromatic heterocycles. The van der Waals surface area contributed by atoms with Crippen molar-refractivity contribution in [3.8, 4) is 0 Å². The minimum Gasteiger partial charge on any atom is -0.330 e. The molecule has 0 atom stereocenters. The molecule has 5 heteroatoms. The number of nitrogens with zero attached hydrogens (tertiary/aromatic N) is 1. The SMILES string of the molecule is NCC1CCC(CCCO[N+](=O)[O-])CC1. The molecule has 1 rings (SSSR count). The highest BCUT2D eigenvalue weighted by Gasteiger charge is 2.19. The molecule has 0 amide bonds. The van der Waals surface area contributed by atoms with Crippen molar-refractivity contribution in [1.82, 2.24) is 0 Å². The monoisotopic (exact) mass is 216 g/mol. The zero-order valence-electron chi connectivity index (χ0n) is 9.06. The maximum Gasteiger partial charge on any atom is 0.294 e. The average Bonchev–Trinajstić information content (AvgIpc) is 2.25. The van der Waals surface area contributed by atoms with Gasteiger partial charge < -0.3 is 10.6 Å². The molecule has 1 saturated carbocycles. The Morgan fingerprint density at radius 2 is 1.87 bits per heavy atom. The van der Waals surface area contributed by atoms with Crippen LogP contribution < -0.4 is 5.73 Å². The van der Waals surface area contributed by atoms with E-state index in [9.17, 15) is 10.1 Å². The molecule has 0 aromatic carbocycles. The summed E-state index contributed by atoms with van der Waals surface area (Å²) in [5, 5.41) is 9.18. The Kier molecular flexibility index (Phi) is 5.39. The fourth-order valence-corrected chi connectivity index (χ4v) is 2.27. The van der Waals surface area contributed by atoms with Gasteiger partial charge in [0.2, 0.25) is 0 Å². The van der Waals surface area contributed by atoms with Crippen LogP contribution in [0.2, 0.25) is 0 Å². The molecule has 0 bridgehead atoms. The van der Waals surface area contributed by atoms with E-state index in [1.807, 2.05) is 0 Å². The Labute approximate surface area is 90.1 Å². The summed E-state index contributed by atoms with van der Waals surface area (Å²) in [6.45, 7) is 1.04. The van der Waals surface area contributed by atoms with Gasteiger partial charge in [-0.15, -0.1) is 10.1 Å². The van der Waals surface area contributed by atoms with Crippen molar-refractivity contribution in [2.24, 2.45) is 17.6 Å². The van der Waals surface area contributed by atoms with Gasteiger partial charge >= 0.3 is 0 Å². The normalized spacial score (nSPS) is 26.2. The lowest BCUT2D eigenvalue weighted by molar-refractivity contribution is -0.757. The highest BCUT2D eigenvalue weighted by molar-refractivity contribution is 4.72. The Bertz CT molecular complexity index is 191. The summed E-state index contributed by atoms with van der Waals surface area (Å²) in [6, 6.07) is 0. The standard InChI is InChI=1S/C10H20N2O3/c11-8-10-5-3-9(4-6-10)2-1-7-15-12(13)14/h9-10H,1-8,11H2. The third-order valence-corrected chi connectivity index (χ3v) is 3.25. The number of hydrogen-bond donors (Lipinski definition) is 1. The Morgan fingerprint density at radius 3 is 2.40 bits per heavy atom. The van der Waals surface area contributed by atoms with E-state index in [-0.39, 0.29) is 6.61 Å². The van der Waals surface area contributed by atoms with E-state index >= 15 is 0 Å². The molecule has 15 heavy (non-hydrogen) atoms. The molecule has 0 unspecified atom stereocenters. The summed E-state index contributed by atoms with van der Waals surface area (Å²) in [4.78, 5) is 14.2. The lowest BCUT2D eigenvalue weighted by Crippen LogP contribution is -2.21. The fourth-order valence-electron chi connectivity index (χ4n) is 2.27. The van der Waals surface area contributed by atoms with Crippen LogP contribution in [0.5, 0.6) is 0 Å². The minimum absolute atomic E-state index is 0.240. The molecule has 0 heterocycles. The molecule has 1 aliphatic rings. The van der Waals surface area contributed by atoms with Crippen LogP contribution in [0.25, 0.3) is 0 Å². The smallest absolute Gasteiger partial charge is 0.294 e. The Balaban J connectivity index is 2.01. The molecular formula is C10H20N2O3. The Morgan fingerprint density at radius 1 is 1.27 bits per heavy atom. The van der Waals surface area contributed by atoms with Gasteiger partial charge in [-0.3, -0.25) is 0 Å². The van der Waals surface area contributed by atoms with E-state index in [0.29, 0.717) is 5.92 Å². The lowest BCUT2D eigenvalue weighted by atomic mass is 9.80. The van der Waals surface area contributed by atoms with Gasteiger partial charge in [0.1, 0.15) is 0 Å². The quantitative estimate of drug-likeness (QED) is 0.416. The maximum atomic E-state index is 9.90. The molecule has 0 aliphatic heterocycles. The predicted molar refractivity (Wildman–Crippen MR) is 56.7 cm³/mol. The summed E-state index contributed by atoms with van der Waals surface area (Å²) in [7, 11) is 0. The summed E-state index contributed by atoms with van der Waals surface area (Å²) in [5.41, 5.74) is 5.61. The third-order valence-electron chi connectivity index (χ3n) is 3.25. The highest BCUT2D eigenvalue weighted by atomic mass is 16.9. The molecule has 0 saturated heterocycles. The van der Waals surface area contributed by atoms with Crippen molar-refractivity contribution in [3.63, 3.8) is 0 Å². The van der Waals surface area contributed by atoms with E-state index in [4.69, 9.17) is 5.73 Å². The molecule has 0 spiro atoms. The first kappa shape index (κ1) is 12.2. The zero-order valence-corrected chi connectivity index (χ0v) is 9.06. The second kappa shape index (κ2) is 6.61. The van der Waals surface area contributed by atoms with Gasteiger partial charge in [-0.05, 0) is 44.1 Å². The van der Waals surface area contributed by atoms with E-state index in [1.165, 1.54) is 25.7 Å². The van der Waals surface area contributed by atoms with Crippen LogP contribution in [0, 0.1) is 22.0 Å². The molecular weight excluding hydrogens is 196 g/mol. The molecule has 5 nitrogen and oxygen atoms in total. The van der Waals surface area contributed by atoms with Crippen molar-refractivity contribution in [2.75, 3.05) is 13.2 Å². The largest absolute Gasteiger partial charge is 0.330 e. The van der Waals surface area contributed by atoms with Crippen molar-refractivity contribution in [1.29, 1.82) is 0 Å². The van der Waals surface area contributed by atoms with Crippen LogP contribution in [-0.2, 0) is 4.84 Å². The second-order valence-corrected chi connectivity index (χ2v) is 4.32. The predicted octanol–water partition coefficient (Wildman–Crippen LogP) is 1.74. The van der Waals surface area contributed by atoms with E-state index in [0.717, 1.165) is 25.3 Å². The zero-order chi connectivity index (χ0) is 11.1. The fraction of sp³-hybridized carbons (Fsp3) is 1.00. The van der Waals surface area contributed by atoms with Gasteiger partial charge in [0.05, 0.1) is 6.61 Å². The summed E-state index contributed by atoms with van der Waals surface area (Å²) >= 11 is 0. The molecule has 88 valence electrons. The van der Waals surface area contributed by atoms with E-state index < -0.39 is 5.09 Å². The van der Waals surface area contributed by atoms with E-state index in [2.05, 4.69) is 4.84 Å². The van der Waals surface area contributed by atoms with Gasteiger partial charge in [0.15, 0.2) is 0 Å². The minimum atomic E-state index is -0.717. The Hall–Kier alpha value is -0.840. The first-order chi connectivity index (χ1) is 7.22. The van der Waals surface area contributed by atoms with Gasteiger partial charge in [-0.1, -0.05) is 12.8 Å². The average molecular weight is 216 g/mol. The van der Waals surface area contributed by atoms with Crippen LogP contribution >= 0.6 is 0 Å². The maximum absolute atomic E-state index is 9.90. The molecule has 1 aliphatic carbocycles. The molecule has 1 fully saturated rings. The number of hydrogen-bond acceptors (Lipinski definition) is 4. The van der Waals surface area contributed by atoms with Crippen LogP contribution in [0.1, 0.15) is 38.5 Å². The van der Waals surface area contributed by atoms with Crippen molar-refractivity contribution in [2.45, 2.75) is 38.5 Å². The molecule has 0 aromatic rings. The number of rotatable bonds is 6. The van der Waals surface area contributed by atoms with Gasteiger partial charge in [0, 0.05) is 0 Å². The van der Waals surface area contributed by atoms with Crippen LogP contribution in [0.3, 0.4) is 0 Å². The first-order valence-electron chi connectivity index (χ1n) is 5.69. The second-order valence-electron chi connectivity index (χ2n) is 4.32. The van der Waals surface area contributed by atoms with Crippen molar-refractivity contribution < 1.29 is 9.92 Å². The summed E-state index contributed by atoms with van der Waals surface area (Å²) in [5.74, 6) is 1.43. The summed E-state index contributed by atoms with van der Waals surface area (Å²) < 4.78 is 0. The molecule has 0 radical (unpaired) electrons. The first-order valence-corrected chi connectivity index (χ1v) is 5.69. The van der Waals surface area contributed by atoms with Crippen molar-refractivity contribution in [3.05, 3.63) is 10.1 Å². The van der Waals surface area contributed by atoms with E-state index in [1.54, 1.807) is 0 Å². The summed E-state index contributed by atoms with van der Waals surface area (Å²) in [6.07, 6.45) is 6.72. The lowest BCUT2D eigenvalue weighted by Gasteiger charge is -2.27. The van der Waals surface area contributed by atoms with Crippen LogP contribution in [-0.4, -0.2) is 18.2 Å². The van der Waals surface area contributed by atoms with Crippen molar-refractivity contribution >= 4 is 0 Å². The highest BCUT2D eigenvalue weighted by Crippen LogP contribution is 2.30. The molecule has 2 N–H and O–H groups in total. The number of nitrogens with two attached hydrogens (primary N) is 1. The van der Waals surface area contributed by atoms with Gasteiger partial charge in [0.25, 0.3) is 5.09 Å². The van der Waals surface area contributed by atoms with Gasteiger partial charge in [-0.25, -0.2) is 0 Å². The third kappa shape index (κ3) is 4.97. The van der Waals surface area contributed by atoms with Gasteiger partial charge in [-0.2, -0.15) is 0 Å². The van der Waals surface area contributed by atoms with Crippen LogP contribution in [0.4, 0.5) is 0 Å². The van der Waals surface area contributed by atoms with Crippen LogP contribution in [0.15, 0.2) is 0 Å². The topological polar surface area (TPSA) is 78.4 Å².